The quantitative estimate of drug-likeness (QED) is 0.555. The molecule has 28 heavy (non-hydrogen) atoms. The van der Waals surface area contributed by atoms with Crippen LogP contribution < -0.4 is 10.6 Å². The van der Waals surface area contributed by atoms with Gasteiger partial charge in [-0.2, -0.15) is 5.10 Å². The minimum absolute atomic E-state index is 0.725. The van der Waals surface area contributed by atoms with Crippen LogP contribution in [0.1, 0.15) is 17.1 Å². The largest absolute Gasteiger partial charge is 0.327 e. The molecule has 8 nitrogen and oxygen atoms in total. The Morgan fingerprint density at radius 2 is 2.11 bits per heavy atom. The summed E-state index contributed by atoms with van der Waals surface area (Å²) in [6.45, 7) is 3.81. The molecule has 4 aromatic rings. The third-order valence-electron chi connectivity index (χ3n) is 4.71. The van der Waals surface area contributed by atoms with Crippen molar-refractivity contribution in [1.82, 2.24) is 34.4 Å². The summed E-state index contributed by atoms with van der Waals surface area (Å²) >= 11 is 1.60. The first-order valence-electron chi connectivity index (χ1n) is 9.14. The number of aromatic nitrogens is 6. The Kier molecular flexibility index (Phi) is 4.18. The highest BCUT2D eigenvalue weighted by molar-refractivity contribution is 7.15. The molecule has 1 aliphatic heterocycles. The van der Waals surface area contributed by atoms with E-state index in [0.29, 0.717) is 0 Å². The Bertz CT molecular complexity index is 1180. The highest BCUT2D eigenvalue weighted by atomic mass is 32.1. The van der Waals surface area contributed by atoms with Gasteiger partial charge in [0.05, 0.1) is 35.0 Å². The van der Waals surface area contributed by atoms with Crippen LogP contribution in [0.3, 0.4) is 0 Å². The van der Waals surface area contributed by atoms with Gasteiger partial charge in [-0.15, -0.1) is 11.3 Å². The topological polar surface area (TPSA) is 85.0 Å². The second kappa shape index (κ2) is 6.84. The number of aryl methyl sites for hydroxylation is 2. The van der Waals surface area contributed by atoms with Crippen molar-refractivity contribution in [1.29, 1.82) is 0 Å². The molecule has 0 aromatic carbocycles. The lowest BCUT2D eigenvalue weighted by Gasteiger charge is -2.16. The molecule has 0 saturated carbocycles. The van der Waals surface area contributed by atoms with Gasteiger partial charge >= 0.3 is 0 Å². The molecule has 0 bridgehead atoms. The first kappa shape index (κ1) is 17.1. The van der Waals surface area contributed by atoms with Crippen LogP contribution in [0.25, 0.3) is 22.5 Å². The average molecular weight is 392 g/mol. The molecule has 0 radical (unpaired) electrons. The van der Waals surface area contributed by atoms with Gasteiger partial charge in [-0.05, 0) is 25.5 Å². The number of thiazole rings is 1. The summed E-state index contributed by atoms with van der Waals surface area (Å²) in [6, 6.07) is 0. The molecule has 0 spiro atoms. The lowest BCUT2D eigenvalue weighted by Crippen LogP contribution is -2.22. The maximum Gasteiger partial charge on any atom is 0.181 e. The van der Waals surface area contributed by atoms with Crippen LogP contribution in [0, 0.1) is 6.92 Å². The van der Waals surface area contributed by atoms with Crippen LogP contribution in [-0.2, 0) is 7.05 Å². The SMILES string of the molecule is Cc1ncc(Nc2nc(C3=CCCNC3)cn3c(-c4cnn(C)c4)cnc23)s1. The fraction of sp³-hybridized carbons (Fsp3) is 0.263. The van der Waals surface area contributed by atoms with E-state index in [2.05, 4.69) is 42.4 Å². The first-order chi connectivity index (χ1) is 13.7. The maximum absolute atomic E-state index is 4.90. The fourth-order valence-electron chi connectivity index (χ4n) is 3.37. The van der Waals surface area contributed by atoms with Gasteiger partial charge in [0.1, 0.15) is 5.00 Å². The molecule has 0 atom stereocenters. The molecule has 0 saturated heterocycles. The Labute approximate surface area is 166 Å². The second-order valence-corrected chi connectivity index (χ2v) is 8.01. The Hall–Kier alpha value is -3.04. The number of nitrogens with one attached hydrogen (secondary N) is 2. The monoisotopic (exact) mass is 392 g/mol. The molecule has 1 aliphatic rings. The second-order valence-electron chi connectivity index (χ2n) is 6.78. The highest BCUT2D eigenvalue weighted by Gasteiger charge is 2.17. The van der Waals surface area contributed by atoms with Crippen molar-refractivity contribution in [3.05, 3.63) is 47.8 Å². The average Bonchev–Trinajstić information content (AvgIpc) is 3.42. The Morgan fingerprint density at radius 3 is 2.82 bits per heavy atom. The van der Waals surface area contributed by atoms with Crippen LogP contribution >= 0.6 is 11.3 Å². The number of nitrogens with zero attached hydrogens (tertiary/aromatic N) is 6. The van der Waals surface area contributed by atoms with E-state index in [9.17, 15) is 0 Å². The third kappa shape index (κ3) is 3.08. The van der Waals surface area contributed by atoms with Gasteiger partial charge in [-0.1, -0.05) is 6.08 Å². The van der Waals surface area contributed by atoms with Gasteiger partial charge in [0, 0.05) is 31.5 Å². The predicted octanol–water partition coefficient (Wildman–Crippen LogP) is 3.02. The van der Waals surface area contributed by atoms with Crippen LogP contribution in [0.2, 0.25) is 0 Å². The molecule has 0 amide bonds. The number of anilines is 2. The summed E-state index contributed by atoms with van der Waals surface area (Å²) < 4.78 is 3.88. The van der Waals surface area contributed by atoms with Crippen LogP contribution in [0.4, 0.5) is 10.8 Å². The fourth-order valence-corrected chi connectivity index (χ4v) is 4.05. The van der Waals surface area contributed by atoms with E-state index >= 15 is 0 Å². The number of imidazole rings is 1. The molecule has 0 unspecified atom stereocenters. The number of fused-ring (bicyclic) bond motifs is 1. The van der Waals surface area contributed by atoms with Gasteiger partial charge < -0.3 is 10.6 Å². The molecule has 5 rings (SSSR count). The van der Waals surface area contributed by atoms with E-state index in [1.165, 1.54) is 5.57 Å². The van der Waals surface area contributed by atoms with Crippen LogP contribution in [-0.4, -0.2) is 42.2 Å². The van der Waals surface area contributed by atoms with Crippen LogP contribution in [0.15, 0.2) is 37.1 Å². The Balaban J connectivity index is 1.68. The zero-order valence-electron chi connectivity index (χ0n) is 15.7. The maximum atomic E-state index is 4.90. The van der Waals surface area contributed by atoms with E-state index < -0.39 is 0 Å². The number of rotatable bonds is 4. The zero-order valence-corrected chi connectivity index (χ0v) is 16.5. The van der Waals surface area contributed by atoms with Crippen molar-refractivity contribution >= 4 is 33.4 Å². The van der Waals surface area contributed by atoms with E-state index in [4.69, 9.17) is 4.98 Å². The minimum atomic E-state index is 0.725. The van der Waals surface area contributed by atoms with Crippen molar-refractivity contribution in [2.75, 3.05) is 18.4 Å². The highest BCUT2D eigenvalue weighted by Crippen LogP contribution is 2.29. The number of hydrogen-bond acceptors (Lipinski definition) is 7. The van der Waals surface area contributed by atoms with Crippen molar-refractivity contribution in [2.45, 2.75) is 13.3 Å². The van der Waals surface area contributed by atoms with Gasteiger partial charge in [0.2, 0.25) is 0 Å². The molecular weight excluding hydrogens is 372 g/mol. The zero-order chi connectivity index (χ0) is 19.1. The standard InChI is InChI=1S/C19H20N8S/c1-12-21-9-17(28-12)25-18-19-22-8-16(14-7-23-26(2)10-14)27(19)11-15(24-18)13-4-3-5-20-6-13/h4,7-11,20H,3,5-6H2,1-2H3,(H,24,25). The van der Waals surface area contributed by atoms with Gasteiger partial charge in [-0.25, -0.2) is 15.0 Å². The van der Waals surface area contributed by atoms with E-state index in [0.717, 1.165) is 57.9 Å². The third-order valence-corrected chi connectivity index (χ3v) is 5.54. The van der Waals surface area contributed by atoms with Gasteiger partial charge in [0.25, 0.3) is 0 Å². The summed E-state index contributed by atoms with van der Waals surface area (Å²) in [7, 11) is 1.91. The predicted molar refractivity (Wildman–Crippen MR) is 111 cm³/mol. The van der Waals surface area contributed by atoms with E-state index in [1.54, 1.807) is 16.0 Å². The van der Waals surface area contributed by atoms with Crippen molar-refractivity contribution < 1.29 is 0 Å². The van der Waals surface area contributed by atoms with E-state index in [-0.39, 0.29) is 0 Å². The molecule has 0 fully saturated rings. The molecule has 9 heteroatoms. The normalized spacial score (nSPS) is 14.4. The molecule has 4 aromatic heterocycles. The summed E-state index contributed by atoms with van der Waals surface area (Å²) in [4.78, 5) is 13.9. The molecule has 5 heterocycles. The number of hydrogen-bond donors (Lipinski definition) is 2. The van der Waals surface area contributed by atoms with Crippen LogP contribution in [0.5, 0.6) is 0 Å². The molecule has 2 N–H and O–H groups in total. The molecule has 142 valence electrons. The van der Waals surface area contributed by atoms with Gasteiger partial charge in [-0.3, -0.25) is 9.08 Å². The minimum Gasteiger partial charge on any atom is -0.327 e. The van der Waals surface area contributed by atoms with Crippen molar-refractivity contribution in [3.63, 3.8) is 0 Å². The summed E-state index contributed by atoms with van der Waals surface area (Å²) in [5.41, 5.74) is 4.91. The first-order valence-corrected chi connectivity index (χ1v) is 9.96. The Morgan fingerprint density at radius 1 is 1.18 bits per heavy atom. The van der Waals surface area contributed by atoms with Crippen molar-refractivity contribution in [3.8, 4) is 11.3 Å². The molecular formula is C19H20N8S. The molecule has 0 aliphatic carbocycles. The van der Waals surface area contributed by atoms with Gasteiger partial charge in [0.15, 0.2) is 11.5 Å². The summed E-state index contributed by atoms with van der Waals surface area (Å²) in [5.74, 6) is 0.725. The summed E-state index contributed by atoms with van der Waals surface area (Å²) in [5, 5.41) is 13.1. The lowest BCUT2D eigenvalue weighted by molar-refractivity contribution is 0.737. The van der Waals surface area contributed by atoms with E-state index in [1.807, 2.05) is 38.8 Å². The smallest absolute Gasteiger partial charge is 0.181 e. The summed E-state index contributed by atoms with van der Waals surface area (Å²) in [6.07, 6.45) is 12.9. The van der Waals surface area contributed by atoms with Crippen molar-refractivity contribution in [2.24, 2.45) is 7.05 Å². The lowest BCUT2D eigenvalue weighted by atomic mass is 10.1.